The molecule has 0 aliphatic rings. The number of ether oxygens (including phenoxy) is 1. The van der Waals surface area contributed by atoms with Gasteiger partial charge < -0.3 is 15.2 Å². The summed E-state index contributed by atoms with van der Waals surface area (Å²) in [5, 5.41) is 11.6. The third-order valence-electron chi connectivity index (χ3n) is 1.46. The van der Waals surface area contributed by atoms with Crippen LogP contribution < -0.4 is 5.32 Å². The molecule has 0 radical (unpaired) electrons. The second-order valence-corrected chi connectivity index (χ2v) is 3.23. The van der Waals surface area contributed by atoms with Crippen LogP contribution >= 0.6 is 15.9 Å². The Morgan fingerprint density at radius 3 is 2.50 bits per heavy atom. The minimum absolute atomic E-state index is 0.0790. The summed E-state index contributed by atoms with van der Waals surface area (Å²) in [6, 6.07) is -1.00. The van der Waals surface area contributed by atoms with Gasteiger partial charge in [-0.1, -0.05) is 15.9 Å². The zero-order valence-electron chi connectivity index (χ0n) is 8.12. The van der Waals surface area contributed by atoms with Gasteiger partial charge in [-0.25, -0.2) is 4.79 Å². The fourth-order valence-electron chi connectivity index (χ4n) is 0.821. The molecule has 2 unspecified atom stereocenters. The van der Waals surface area contributed by atoms with E-state index in [9.17, 15) is 14.7 Å². The molecule has 0 bridgehead atoms. The number of aliphatic hydroxyl groups excluding tert-OH is 1. The number of aliphatic hydroxyl groups is 1. The third-order valence-corrected chi connectivity index (χ3v) is 1.97. The summed E-state index contributed by atoms with van der Waals surface area (Å²) < 4.78 is 4.68. The molecule has 0 aliphatic carbocycles. The lowest BCUT2D eigenvalue weighted by molar-refractivity contribution is -0.150. The van der Waals surface area contributed by atoms with Gasteiger partial charge in [-0.15, -0.1) is 0 Å². The van der Waals surface area contributed by atoms with Gasteiger partial charge in [0.25, 0.3) is 0 Å². The Kier molecular flexibility index (Phi) is 6.48. The number of amides is 1. The first-order chi connectivity index (χ1) is 6.52. The normalized spacial score (nSPS) is 14.3. The van der Waals surface area contributed by atoms with Crippen molar-refractivity contribution >= 4 is 27.8 Å². The highest BCUT2D eigenvalue weighted by Gasteiger charge is 2.26. The summed E-state index contributed by atoms with van der Waals surface area (Å²) >= 11 is 2.93. The van der Waals surface area contributed by atoms with Crippen molar-refractivity contribution in [2.24, 2.45) is 0 Å². The third kappa shape index (κ3) is 4.57. The topological polar surface area (TPSA) is 75.6 Å². The van der Waals surface area contributed by atoms with E-state index < -0.39 is 18.1 Å². The molecule has 0 aromatic rings. The van der Waals surface area contributed by atoms with E-state index in [0.29, 0.717) is 0 Å². The van der Waals surface area contributed by atoms with Gasteiger partial charge in [0.15, 0.2) is 6.04 Å². The van der Waals surface area contributed by atoms with E-state index in [2.05, 4.69) is 26.0 Å². The average Bonchev–Trinajstić information content (AvgIpc) is 2.13. The van der Waals surface area contributed by atoms with Crippen molar-refractivity contribution in [1.29, 1.82) is 0 Å². The van der Waals surface area contributed by atoms with Crippen LogP contribution in [0.15, 0.2) is 0 Å². The molecule has 0 fully saturated rings. The highest BCUT2D eigenvalue weighted by atomic mass is 79.9. The first-order valence-corrected chi connectivity index (χ1v) is 5.35. The van der Waals surface area contributed by atoms with Crippen LogP contribution in [0.5, 0.6) is 0 Å². The number of nitrogens with one attached hydrogen (secondary N) is 1. The minimum Gasteiger partial charge on any atom is -0.464 e. The zero-order chi connectivity index (χ0) is 11.1. The number of esters is 1. The summed E-state index contributed by atoms with van der Waals surface area (Å²) in [6.45, 7) is 3.28. The molecule has 0 rings (SSSR count). The lowest BCUT2D eigenvalue weighted by Gasteiger charge is -2.18. The maximum absolute atomic E-state index is 11.2. The Hall–Kier alpha value is -0.620. The quantitative estimate of drug-likeness (QED) is 0.535. The summed E-state index contributed by atoms with van der Waals surface area (Å²) in [7, 11) is 0. The van der Waals surface area contributed by atoms with Gasteiger partial charge in [-0.2, -0.15) is 0 Å². The number of hydrogen-bond acceptors (Lipinski definition) is 4. The van der Waals surface area contributed by atoms with E-state index in [1.54, 1.807) is 6.92 Å². The molecule has 0 heterocycles. The molecule has 0 spiro atoms. The number of carbonyl (C=O) groups excluding carboxylic acids is 2. The molecule has 2 atom stereocenters. The smallest absolute Gasteiger partial charge is 0.331 e. The monoisotopic (exact) mass is 267 g/mol. The summed E-state index contributed by atoms with van der Waals surface area (Å²) in [6.07, 6.45) is -0.975. The van der Waals surface area contributed by atoms with Crippen LogP contribution in [-0.2, 0) is 14.3 Å². The lowest BCUT2D eigenvalue weighted by atomic mass is 10.2. The van der Waals surface area contributed by atoms with Gasteiger partial charge in [0, 0.05) is 0 Å². The number of rotatable bonds is 5. The van der Waals surface area contributed by atoms with E-state index in [0.717, 1.165) is 0 Å². The Labute approximate surface area is 90.9 Å². The molecule has 6 heteroatoms. The molecule has 1 amide bonds. The van der Waals surface area contributed by atoms with Crippen molar-refractivity contribution in [3.63, 3.8) is 0 Å². The molecule has 0 aliphatic heterocycles. The molecule has 14 heavy (non-hydrogen) atoms. The van der Waals surface area contributed by atoms with Crippen LogP contribution in [0.4, 0.5) is 0 Å². The molecule has 2 N–H and O–H groups in total. The van der Waals surface area contributed by atoms with Crippen molar-refractivity contribution in [2.75, 3.05) is 11.9 Å². The van der Waals surface area contributed by atoms with E-state index >= 15 is 0 Å². The van der Waals surface area contributed by atoms with E-state index in [1.165, 1.54) is 6.92 Å². The number of carbonyl (C=O) groups is 2. The number of hydrogen-bond donors (Lipinski definition) is 2. The van der Waals surface area contributed by atoms with Crippen LogP contribution in [0.2, 0.25) is 0 Å². The lowest BCUT2D eigenvalue weighted by Crippen LogP contribution is -2.48. The van der Waals surface area contributed by atoms with Gasteiger partial charge in [-0.05, 0) is 13.8 Å². The summed E-state index contributed by atoms with van der Waals surface area (Å²) in [5.41, 5.74) is 0. The Bertz CT molecular complexity index is 208. The summed E-state index contributed by atoms with van der Waals surface area (Å²) in [4.78, 5) is 22.2. The maximum atomic E-state index is 11.2. The van der Waals surface area contributed by atoms with Crippen molar-refractivity contribution in [3.8, 4) is 0 Å². The molecule has 0 saturated heterocycles. The molecule has 5 nitrogen and oxygen atoms in total. The molecule has 0 aromatic heterocycles. The van der Waals surface area contributed by atoms with Crippen molar-refractivity contribution in [3.05, 3.63) is 0 Å². The van der Waals surface area contributed by atoms with E-state index in [4.69, 9.17) is 0 Å². The number of alkyl halides is 1. The van der Waals surface area contributed by atoms with Crippen LogP contribution in [0.1, 0.15) is 13.8 Å². The van der Waals surface area contributed by atoms with Gasteiger partial charge in [0.05, 0.1) is 18.0 Å². The fourth-order valence-corrected chi connectivity index (χ4v) is 0.982. The molecular weight excluding hydrogens is 254 g/mol. The maximum Gasteiger partial charge on any atom is 0.331 e. The summed E-state index contributed by atoms with van der Waals surface area (Å²) in [5.74, 6) is -0.999. The van der Waals surface area contributed by atoms with Gasteiger partial charge >= 0.3 is 5.97 Å². The average molecular weight is 268 g/mol. The van der Waals surface area contributed by atoms with Gasteiger partial charge in [0.1, 0.15) is 0 Å². The molecule has 0 aromatic carbocycles. The molecule has 82 valence electrons. The molecule has 0 saturated carbocycles. The van der Waals surface area contributed by atoms with Crippen LogP contribution in [0.3, 0.4) is 0 Å². The Morgan fingerprint density at radius 2 is 2.14 bits per heavy atom. The number of halogens is 1. The van der Waals surface area contributed by atoms with Gasteiger partial charge in [-0.3, -0.25) is 4.79 Å². The van der Waals surface area contributed by atoms with Crippen LogP contribution in [-0.4, -0.2) is 41.1 Å². The highest BCUT2D eigenvalue weighted by Crippen LogP contribution is 1.97. The zero-order valence-corrected chi connectivity index (χ0v) is 9.70. The van der Waals surface area contributed by atoms with Crippen molar-refractivity contribution in [2.45, 2.75) is 26.0 Å². The first-order valence-electron chi connectivity index (χ1n) is 4.23. The first kappa shape index (κ1) is 13.4. The second kappa shape index (κ2) is 6.78. The van der Waals surface area contributed by atoms with E-state index in [-0.39, 0.29) is 17.8 Å². The Balaban J connectivity index is 4.29. The minimum atomic E-state index is -1.00. The van der Waals surface area contributed by atoms with Crippen molar-refractivity contribution < 1.29 is 19.4 Å². The van der Waals surface area contributed by atoms with Gasteiger partial charge in [0.2, 0.25) is 5.91 Å². The van der Waals surface area contributed by atoms with Crippen LogP contribution in [0.25, 0.3) is 0 Å². The predicted octanol–water partition coefficient (Wildman–Crippen LogP) is -0.190. The predicted molar refractivity (Wildman–Crippen MR) is 54.0 cm³/mol. The van der Waals surface area contributed by atoms with E-state index in [1.807, 2.05) is 0 Å². The highest BCUT2D eigenvalue weighted by molar-refractivity contribution is 9.09. The fraction of sp³-hybridized carbons (Fsp3) is 0.750. The standard InChI is InChI=1S/C8H14BrNO4/c1-3-14-8(13)7(5(2)11)10-6(12)4-9/h5,7,11H,3-4H2,1-2H3,(H,10,12). The van der Waals surface area contributed by atoms with Crippen molar-refractivity contribution in [1.82, 2.24) is 5.32 Å². The SMILES string of the molecule is CCOC(=O)C(NC(=O)CBr)C(C)O. The Morgan fingerprint density at radius 1 is 1.57 bits per heavy atom. The van der Waals surface area contributed by atoms with Crippen LogP contribution in [0, 0.1) is 0 Å². The largest absolute Gasteiger partial charge is 0.464 e. The second-order valence-electron chi connectivity index (χ2n) is 2.67. The molecular formula is C8H14BrNO4.